The Hall–Kier alpha value is -2.92. The van der Waals surface area contributed by atoms with E-state index < -0.39 is 0 Å². The summed E-state index contributed by atoms with van der Waals surface area (Å²) in [5, 5.41) is 15.4. The smallest absolute Gasteiger partial charge is 0.147 e. The van der Waals surface area contributed by atoms with Gasteiger partial charge in [-0.15, -0.1) is 0 Å². The number of benzene rings is 2. The third-order valence-corrected chi connectivity index (χ3v) is 5.01. The predicted molar refractivity (Wildman–Crippen MR) is 112 cm³/mol. The highest BCUT2D eigenvalue weighted by atomic mass is 79.9. The highest BCUT2D eigenvalue weighted by Gasteiger charge is 2.20. The van der Waals surface area contributed by atoms with Gasteiger partial charge >= 0.3 is 0 Å². The lowest BCUT2D eigenvalue weighted by atomic mass is 9.96. The number of anilines is 1. The second-order valence-electron chi connectivity index (χ2n) is 6.37. The van der Waals surface area contributed by atoms with Crippen LogP contribution in [0, 0.1) is 6.92 Å². The summed E-state index contributed by atoms with van der Waals surface area (Å²) in [5.74, 6) is 0.926. The monoisotopic (exact) mass is 419 g/mol. The minimum Gasteiger partial charge on any atom is -0.505 e. The fraction of sp³-hybridized carbons (Fsp3) is 0.0909. The highest BCUT2D eigenvalue weighted by molar-refractivity contribution is 9.10. The van der Waals surface area contributed by atoms with Crippen molar-refractivity contribution in [3.8, 4) is 5.75 Å². The van der Waals surface area contributed by atoms with Gasteiger partial charge < -0.3 is 10.4 Å². The number of hydrogen-bond donors (Lipinski definition) is 2. The first-order valence-electron chi connectivity index (χ1n) is 8.64. The van der Waals surface area contributed by atoms with Crippen LogP contribution in [0.3, 0.4) is 0 Å². The van der Waals surface area contributed by atoms with Crippen LogP contribution in [0.2, 0.25) is 0 Å². The fourth-order valence-electron chi connectivity index (χ4n) is 3.11. The molecule has 5 heteroatoms. The van der Waals surface area contributed by atoms with Gasteiger partial charge in [0.05, 0.1) is 6.04 Å². The molecule has 0 saturated carbocycles. The van der Waals surface area contributed by atoms with Crippen LogP contribution in [0.5, 0.6) is 5.75 Å². The van der Waals surface area contributed by atoms with E-state index in [1.807, 2.05) is 73.7 Å². The zero-order chi connectivity index (χ0) is 18.8. The first-order valence-corrected chi connectivity index (χ1v) is 9.43. The van der Waals surface area contributed by atoms with Gasteiger partial charge in [0.2, 0.25) is 0 Å². The van der Waals surface area contributed by atoms with Crippen molar-refractivity contribution >= 4 is 32.7 Å². The lowest BCUT2D eigenvalue weighted by Gasteiger charge is -2.22. The Morgan fingerprint density at radius 2 is 1.74 bits per heavy atom. The summed E-state index contributed by atoms with van der Waals surface area (Å²) in [7, 11) is 0. The first kappa shape index (κ1) is 17.5. The molecule has 1 atom stereocenters. The minimum absolute atomic E-state index is 0.188. The van der Waals surface area contributed by atoms with Crippen molar-refractivity contribution in [2.24, 2.45) is 0 Å². The van der Waals surface area contributed by atoms with Gasteiger partial charge in [-0.25, -0.2) is 9.97 Å². The van der Waals surface area contributed by atoms with Crippen LogP contribution in [-0.4, -0.2) is 15.1 Å². The number of phenolic OH excluding ortho intramolecular Hbond substituents is 1. The second kappa shape index (κ2) is 7.37. The van der Waals surface area contributed by atoms with Gasteiger partial charge in [0.15, 0.2) is 0 Å². The first-order chi connectivity index (χ1) is 13.1. The average Bonchev–Trinajstić information content (AvgIpc) is 2.69. The van der Waals surface area contributed by atoms with Crippen LogP contribution >= 0.6 is 15.9 Å². The Bertz CT molecular complexity index is 1080. The molecule has 4 nitrogen and oxygen atoms in total. The molecule has 0 saturated heterocycles. The van der Waals surface area contributed by atoms with Crippen LogP contribution in [0.25, 0.3) is 10.9 Å². The van der Waals surface area contributed by atoms with E-state index in [1.165, 1.54) is 0 Å². The summed E-state index contributed by atoms with van der Waals surface area (Å²) in [5.41, 5.74) is 3.25. The molecular weight excluding hydrogens is 402 g/mol. The fourth-order valence-corrected chi connectivity index (χ4v) is 3.38. The van der Waals surface area contributed by atoms with E-state index in [4.69, 9.17) is 0 Å². The number of aromatic nitrogens is 2. The zero-order valence-corrected chi connectivity index (χ0v) is 16.3. The summed E-state index contributed by atoms with van der Waals surface area (Å²) in [6.07, 6.45) is 1.74. The van der Waals surface area contributed by atoms with E-state index in [-0.39, 0.29) is 11.8 Å². The molecule has 27 heavy (non-hydrogen) atoms. The molecule has 0 fully saturated rings. The number of nitrogens with zero attached hydrogens (tertiary/aromatic N) is 2. The number of pyridine rings is 2. The quantitative estimate of drug-likeness (QED) is 0.451. The number of aromatic hydroxyl groups is 1. The molecule has 0 bridgehead atoms. The lowest BCUT2D eigenvalue weighted by Crippen LogP contribution is -2.13. The van der Waals surface area contributed by atoms with Gasteiger partial charge in [-0.05, 0) is 42.8 Å². The summed E-state index contributed by atoms with van der Waals surface area (Å²) in [6, 6.07) is 21.3. The third-order valence-electron chi connectivity index (χ3n) is 4.48. The standard InChI is InChI=1S/C22H18BrN3O/c1-14-5-6-16-9-12-18(22(27)21(16)25-14)20(15-7-10-17(23)11-8-15)26-19-4-2-3-13-24-19/h2-13,20,27H,1H3,(H,24,26)/t20-/m0/s1. The topological polar surface area (TPSA) is 58.0 Å². The molecule has 4 rings (SSSR count). The Morgan fingerprint density at radius 3 is 2.48 bits per heavy atom. The van der Waals surface area contributed by atoms with Crippen molar-refractivity contribution < 1.29 is 5.11 Å². The maximum absolute atomic E-state index is 11.0. The van der Waals surface area contributed by atoms with Crippen molar-refractivity contribution in [1.29, 1.82) is 0 Å². The summed E-state index contributed by atoms with van der Waals surface area (Å²) < 4.78 is 1.00. The Morgan fingerprint density at radius 1 is 0.963 bits per heavy atom. The maximum Gasteiger partial charge on any atom is 0.147 e. The number of halogens is 1. The number of fused-ring (bicyclic) bond motifs is 1. The van der Waals surface area contributed by atoms with E-state index in [2.05, 4.69) is 31.2 Å². The molecule has 0 amide bonds. The van der Waals surface area contributed by atoms with Crippen LogP contribution in [0.15, 0.2) is 77.4 Å². The van der Waals surface area contributed by atoms with E-state index in [0.717, 1.165) is 32.5 Å². The normalized spacial score (nSPS) is 12.1. The molecule has 0 aliphatic heterocycles. The number of nitrogens with one attached hydrogen (secondary N) is 1. The number of phenols is 1. The van der Waals surface area contributed by atoms with E-state index in [9.17, 15) is 5.11 Å². The van der Waals surface area contributed by atoms with Crippen molar-refractivity contribution in [3.05, 3.63) is 94.2 Å². The van der Waals surface area contributed by atoms with Crippen LogP contribution in [0.1, 0.15) is 22.9 Å². The summed E-state index contributed by atoms with van der Waals surface area (Å²) in [4.78, 5) is 8.91. The summed E-state index contributed by atoms with van der Waals surface area (Å²) >= 11 is 3.48. The van der Waals surface area contributed by atoms with Gasteiger partial charge in [-0.1, -0.05) is 52.3 Å². The lowest BCUT2D eigenvalue weighted by molar-refractivity contribution is 0.471. The number of hydrogen-bond acceptors (Lipinski definition) is 4. The van der Waals surface area contributed by atoms with Gasteiger partial charge in [-0.2, -0.15) is 0 Å². The molecule has 2 heterocycles. The molecule has 0 radical (unpaired) electrons. The molecule has 0 aliphatic carbocycles. The average molecular weight is 420 g/mol. The van der Waals surface area contributed by atoms with Crippen molar-refractivity contribution in [1.82, 2.24) is 9.97 Å². The highest BCUT2D eigenvalue weighted by Crippen LogP contribution is 2.36. The molecule has 0 aliphatic rings. The molecule has 2 aromatic carbocycles. The second-order valence-corrected chi connectivity index (χ2v) is 7.29. The zero-order valence-electron chi connectivity index (χ0n) is 14.7. The van der Waals surface area contributed by atoms with Crippen molar-refractivity contribution in [3.63, 3.8) is 0 Å². The SMILES string of the molecule is Cc1ccc2ccc([C@@H](Nc3ccccn3)c3ccc(Br)cc3)c(O)c2n1. The van der Waals surface area contributed by atoms with Gasteiger partial charge in [0.1, 0.15) is 17.1 Å². The van der Waals surface area contributed by atoms with Crippen molar-refractivity contribution in [2.45, 2.75) is 13.0 Å². The van der Waals surface area contributed by atoms with Crippen LogP contribution in [0.4, 0.5) is 5.82 Å². The third kappa shape index (κ3) is 3.64. The Kier molecular flexibility index (Phi) is 4.77. The largest absolute Gasteiger partial charge is 0.505 e. The van der Waals surface area contributed by atoms with E-state index in [0.29, 0.717) is 5.52 Å². The van der Waals surface area contributed by atoms with Gasteiger partial charge in [-0.3, -0.25) is 0 Å². The number of rotatable bonds is 4. The molecule has 2 aromatic heterocycles. The van der Waals surface area contributed by atoms with E-state index >= 15 is 0 Å². The predicted octanol–water partition coefficient (Wildman–Crippen LogP) is 5.61. The molecule has 0 spiro atoms. The minimum atomic E-state index is -0.264. The van der Waals surface area contributed by atoms with Gasteiger partial charge in [0, 0.05) is 27.3 Å². The molecule has 134 valence electrons. The molecular formula is C22H18BrN3O. The van der Waals surface area contributed by atoms with Crippen LogP contribution < -0.4 is 5.32 Å². The van der Waals surface area contributed by atoms with E-state index in [1.54, 1.807) is 6.20 Å². The maximum atomic E-state index is 11.0. The van der Waals surface area contributed by atoms with Crippen LogP contribution in [-0.2, 0) is 0 Å². The van der Waals surface area contributed by atoms with Gasteiger partial charge in [0.25, 0.3) is 0 Å². The summed E-state index contributed by atoms with van der Waals surface area (Å²) in [6.45, 7) is 1.92. The van der Waals surface area contributed by atoms with Crippen molar-refractivity contribution in [2.75, 3.05) is 5.32 Å². The Labute approximate surface area is 166 Å². The Balaban J connectivity index is 1.86. The molecule has 2 N–H and O–H groups in total. The number of aryl methyl sites for hydroxylation is 1. The molecule has 0 unspecified atom stereocenters. The molecule has 4 aromatic rings.